The smallest absolute Gasteiger partial charge is 0.247 e. The van der Waals surface area contributed by atoms with E-state index in [1.807, 2.05) is 41.0 Å². The van der Waals surface area contributed by atoms with E-state index in [2.05, 4.69) is 20.1 Å². The average molecular weight is 638 g/mol. The summed E-state index contributed by atoms with van der Waals surface area (Å²) in [6, 6.07) is 7.03. The molecule has 1 aromatic carbocycles. The Balaban J connectivity index is 1.52. The lowest BCUT2D eigenvalue weighted by molar-refractivity contribution is -0.144. The van der Waals surface area contributed by atoms with Gasteiger partial charge in [-0.25, -0.2) is 0 Å². The molecule has 1 aromatic rings. The highest BCUT2D eigenvalue weighted by atomic mass is 32.2. The van der Waals surface area contributed by atoms with E-state index < -0.39 is 27.4 Å². The van der Waals surface area contributed by atoms with Crippen molar-refractivity contribution in [3.05, 3.63) is 49.6 Å². The molecule has 3 heterocycles. The number of hydrogen-bond donors (Lipinski definition) is 1. The van der Waals surface area contributed by atoms with E-state index in [9.17, 15) is 19.5 Å². The van der Waals surface area contributed by atoms with Gasteiger partial charge >= 0.3 is 0 Å². The Morgan fingerprint density at radius 3 is 2.40 bits per heavy atom. The molecule has 2 unspecified atom stereocenters. The monoisotopic (exact) mass is 637 g/mol. The van der Waals surface area contributed by atoms with Crippen molar-refractivity contribution in [1.29, 1.82) is 0 Å². The summed E-state index contributed by atoms with van der Waals surface area (Å²) >= 11 is 1.73. The average Bonchev–Trinajstić information content (AvgIpc) is 3.61. The minimum Gasteiger partial charge on any atom is -0.494 e. The van der Waals surface area contributed by atoms with Gasteiger partial charge in [-0.15, -0.1) is 24.9 Å². The highest BCUT2D eigenvalue weighted by Crippen LogP contribution is 2.71. The van der Waals surface area contributed by atoms with Crippen LogP contribution in [0.5, 0.6) is 5.75 Å². The maximum Gasteiger partial charge on any atom is 0.247 e. The van der Waals surface area contributed by atoms with Crippen molar-refractivity contribution < 1.29 is 24.2 Å². The number of likely N-dealkylation sites (tertiary alicyclic amines) is 1. The molecule has 5 atom stereocenters. The fraction of sp³-hybridized carbons (Fsp3) is 0.639. The molecule has 2 bridgehead atoms. The molecule has 3 amide bonds. The van der Waals surface area contributed by atoms with Gasteiger partial charge in [-0.3, -0.25) is 14.4 Å². The number of fused-ring (bicyclic) bond motifs is 1. The first kappa shape index (κ1) is 33.6. The first-order valence-corrected chi connectivity index (χ1v) is 17.8. The molecule has 1 spiro atoms. The van der Waals surface area contributed by atoms with Crippen LogP contribution in [0.15, 0.2) is 49.6 Å². The van der Waals surface area contributed by atoms with Crippen molar-refractivity contribution >= 4 is 35.2 Å². The standard InChI is InChI=1S/C36H51N3O5S/c1-5-22-37(27-16-18-28(19-17-27)44-7-3)32(41)29-30-33(42)39(24-12-9-13-25-40)31(36(30)21-20-35(29,4)45-36)34(43)38(23-6-2)26-14-10-8-11-15-26/h5-6,16-19,26,29-31,40H,1-2,7-15,20-25H2,3-4H3/t29-,30-,31?,35+,36?/m0/s1. The molecule has 45 heavy (non-hydrogen) atoms. The van der Waals surface area contributed by atoms with Gasteiger partial charge < -0.3 is 24.5 Å². The second kappa shape index (κ2) is 14.3. The molecule has 246 valence electrons. The summed E-state index contributed by atoms with van der Waals surface area (Å²) in [5, 5.41) is 9.39. The maximum absolute atomic E-state index is 14.8. The molecule has 8 nitrogen and oxygen atoms in total. The molecular weight excluding hydrogens is 586 g/mol. The van der Waals surface area contributed by atoms with E-state index in [0.29, 0.717) is 39.1 Å². The van der Waals surface area contributed by atoms with Gasteiger partial charge in [0.15, 0.2) is 0 Å². The van der Waals surface area contributed by atoms with E-state index >= 15 is 0 Å². The zero-order valence-electron chi connectivity index (χ0n) is 27.1. The van der Waals surface area contributed by atoms with Crippen LogP contribution >= 0.6 is 11.8 Å². The predicted molar refractivity (Wildman–Crippen MR) is 180 cm³/mol. The summed E-state index contributed by atoms with van der Waals surface area (Å²) in [5.41, 5.74) is 0.738. The number of carbonyl (C=O) groups is 3. The van der Waals surface area contributed by atoms with Crippen LogP contribution in [-0.2, 0) is 14.4 Å². The quantitative estimate of drug-likeness (QED) is 0.199. The third-order valence-corrected chi connectivity index (χ3v) is 12.5. The van der Waals surface area contributed by atoms with E-state index in [0.717, 1.165) is 56.4 Å². The van der Waals surface area contributed by atoms with E-state index in [1.54, 1.807) is 28.8 Å². The number of ether oxygens (including phenoxy) is 1. The van der Waals surface area contributed by atoms with Crippen LogP contribution in [-0.4, -0.2) is 87.1 Å². The van der Waals surface area contributed by atoms with Crippen molar-refractivity contribution in [2.24, 2.45) is 11.8 Å². The number of anilines is 1. The van der Waals surface area contributed by atoms with Gasteiger partial charge in [0.25, 0.3) is 0 Å². The van der Waals surface area contributed by atoms with Gasteiger partial charge in [0.1, 0.15) is 11.8 Å². The molecule has 3 saturated heterocycles. The predicted octanol–water partition coefficient (Wildman–Crippen LogP) is 5.60. The summed E-state index contributed by atoms with van der Waals surface area (Å²) in [5.74, 6) is -0.543. The molecule has 5 rings (SSSR count). The Bertz CT molecular complexity index is 1250. The van der Waals surface area contributed by atoms with Crippen LogP contribution in [0.1, 0.15) is 78.1 Å². The Labute approximate surface area is 273 Å². The molecule has 0 radical (unpaired) electrons. The van der Waals surface area contributed by atoms with E-state index in [4.69, 9.17) is 4.74 Å². The normalized spacial score (nSPS) is 29.0. The van der Waals surface area contributed by atoms with Crippen molar-refractivity contribution in [1.82, 2.24) is 9.80 Å². The molecular formula is C36H51N3O5S. The van der Waals surface area contributed by atoms with Crippen LogP contribution in [0, 0.1) is 11.8 Å². The zero-order chi connectivity index (χ0) is 32.2. The number of rotatable bonds is 15. The number of nitrogens with zero attached hydrogens (tertiary/aromatic N) is 3. The minimum atomic E-state index is -0.660. The van der Waals surface area contributed by atoms with Crippen LogP contribution in [0.4, 0.5) is 5.69 Å². The Hall–Kier alpha value is -2.78. The number of benzene rings is 1. The van der Waals surface area contributed by atoms with Crippen LogP contribution in [0.2, 0.25) is 0 Å². The molecule has 1 saturated carbocycles. The number of aliphatic hydroxyl groups is 1. The van der Waals surface area contributed by atoms with Gasteiger partial charge in [0, 0.05) is 42.7 Å². The summed E-state index contributed by atoms with van der Waals surface area (Å²) in [7, 11) is 0. The van der Waals surface area contributed by atoms with Gasteiger partial charge in [-0.05, 0) is 83.1 Å². The first-order chi connectivity index (χ1) is 21.8. The van der Waals surface area contributed by atoms with Gasteiger partial charge in [0.2, 0.25) is 17.7 Å². The topological polar surface area (TPSA) is 90.4 Å². The number of aliphatic hydroxyl groups excluding tert-OH is 1. The minimum absolute atomic E-state index is 0.0131. The number of unbranched alkanes of at least 4 members (excludes halogenated alkanes) is 2. The lowest BCUT2D eigenvalue weighted by Crippen LogP contribution is -2.57. The van der Waals surface area contributed by atoms with Crippen LogP contribution in [0.25, 0.3) is 0 Å². The Morgan fingerprint density at radius 2 is 1.76 bits per heavy atom. The SMILES string of the molecule is C=CCN(C(=O)[C@@H]1[C@H]2C(=O)N(CCCCCO)C(C(=O)N(CC=C)C3CCCCC3)C23CC[C@@]1(C)S3)c1ccc(OCC)cc1. The molecule has 9 heteroatoms. The first-order valence-electron chi connectivity index (χ1n) is 16.9. The number of amides is 3. The van der Waals surface area contributed by atoms with Crippen molar-refractivity contribution in [3.63, 3.8) is 0 Å². The maximum atomic E-state index is 14.8. The highest BCUT2D eigenvalue weighted by Gasteiger charge is 2.77. The number of carbonyl (C=O) groups excluding carboxylic acids is 3. The highest BCUT2D eigenvalue weighted by molar-refractivity contribution is 8.02. The van der Waals surface area contributed by atoms with Crippen molar-refractivity contribution in [2.45, 2.75) is 99.6 Å². The van der Waals surface area contributed by atoms with Crippen LogP contribution in [0.3, 0.4) is 0 Å². The second-order valence-corrected chi connectivity index (χ2v) is 15.2. The molecule has 0 aromatic heterocycles. The molecule has 1 N–H and O–H groups in total. The summed E-state index contributed by atoms with van der Waals surface area (Å²) in [6.45, 7) is 13.9. The van der Waals surface area contributed by atoms with E-state index in [1.165, 1.54) is 6.42 Å². The second-order valence-electron chi connectivity index (χ2n) is 13.3. The Morgan fingerprint density at radius 1 is 1.04 bits per heavy atom. The molecule has 4 aliphatic rings. The lowest BCUT2D eigenvalue weighted by Gasteiger charge is -2.41. The van der Waals surface area contributed by atoms with Gasteiger partial charge in [0.05, 0.1) is 23.2 Å². The van der Waals surface area contributed by atoms with Crippen molar-refractivity contribution in [2.75, 3.05) is 37.7 Å². The fourth-order valence-corrected chi connectivity index (χ4v) is 10.9. The summed E-state index contributed by atoms with van der Waals surface area (Å²) in [4.78, 5) is 49.8. The zero-order valence-corrected chi connectivity index (χ0v) is 27.9. The van der Waals surface area contributed by atoms with Gasteiger partial charge in [-0.1, -0.05) is 31.4 Å². The summed E-state index contributed by atoms with van der Waals surface area (Å²) in [6.07, 6.45) is 12.5. The van der Waals surface area contributed by atoms with E-state index in [-0.39, 0.29) is 30.4 Å². The lowest BCUT2D eigenvalue weighted by atomic mass is 9.66. The third-order valence-electron chi connectivity index (χ3n) is 10.5. The molecule has 4 fully saturated rings. The Kier molecular flexibility index (Phi) is 10.7. The molecule has 3 aliphatic heterocycles. The fourth-order valence-electron chi connectivity index (χ4n) is 8.51. The third kappa shape index (κ3) is 6.19. The number of thioether (sulfide) groups is 1. The van der Waals surface area contributed by atoms with Crippen LogP contribution < -0.4 is 9.64 Å². The number of hydrogen-bond acceptors (Lipinski definition) is 6. The molecule has 1 aliphatic carbocycles. The summed E-state index contributed by atoms with van der Waals surface area (Å²) < 4.78 is 4.51. The largest absolute Gasteiger partial charge is 0.494 e. The van der Waals surface area contributed by atoms with Crippen molar-refractivity contribution in [3.8, 4) is 5.75 Å². The van der Waals surface area contributed by atoms with Gasteiger partial charge in [-0.2, -0.15) is 0 Å².